The first-order valence-electron chi connectivity index (χ1n) is 6.93. The second-order valence-electron chi connectivity index (χ2n) is 5.89. The molecule has 2 aliphatic rings. The normalized spacial score (nSPS) is 30.9. The summed E-state index contributed by atoms with van der Waals surface area (Å²) in [6.45, 7) is 8.16. The highest BCUT2D eigenvalue weighted by molar-refractivity contribution is 4.90. The summed E-state index contributed by atoms with van der Waals surface area (Å²) in [7, 11) is 1.94. The van der Waals surface area contributed by atoms with Gasteiger partial charge in [-0.05, 0) is 52.9 Å². The molecular formula is C13H27N3O. The monoisotopic (exact) mass is 241 g/mol. The lowest BCUT2D eigenvalue weighted by Gasteiger charge is -2.34. The van der Waals surface area contributed by atoms with E-state index in [0.29, 0.717) is 0 Å². The van der Waals surface area contributed by atoms with Crippen molar-refractivity contribution in [2.75, 3.05) is 46.4 Å². The van der Waals surface area contributed by atoms with Crippen LogP contribution in [0.4, 0.5) is 0 Å². The SMILES string of the molecule is CNC(C)(CO)CN1CCCN2CCCC2C1. The maximum Gasteiger partial charge on any atom is 0.0623 e. The van der Waals surface area contributed by atoms with Crippen LogP contribution in [0.25, 0.3) is 0 Å². The van der Waals surface area contributed by atoms with Crippen LogP contribution in [0.15, 0.2) is 0 Å². The van der Waals surface area contributed by atoms with Gasteiger partial charge in [-0.15, -0.1) is 0 Å². The van der Waals surface area contributed by atoms with Gasteiger partial charge in [-0.1, -0.05) is 0 Å². The molecule has 0 saturated carbocycles. The van der Waals surface area contributed by atoms with E-state index in [2.05, 4.69) is 22.0 Å². The molecule has 2 atom stereocenters. The lowest BCUT2D eigenvalue weighted by Crippen LogP contribution is -2.53. The number of rotatable bonds is 4. The van der Waals surface area contributed by atoms with E-state index in [1.54, 1.807) is 0 Å². The molecule has 2 rings (SSSR count). The first kappa shape index (κ1) is 13.3. The molecule has 0 amide bonds. The highest BCUT2D eigenvalue weighted by Gasteiger charge is 2.31. The van der Waals surface area contributed by atoms with Crippen LogP contribution < -0.4 is 5.32 Å². The summed E-state index contributed by atoms with van der Waals surface area (Å²) in [5.74, 6) is 0. The van der Waals surface area contributed by atoms with Crippen molar-refractivity contribution in [3.05, 3.63) is 0 Å². The highest BCUT2D eigenvalue weighted by Crippen LogP contribution is 2.22. The van der Waals surface area contributed by atoms with Crippen LogP contribution >= 0.6 is 0 Å². The van der Waals surface area contributed by atoms with Gasteiger partial charge < -0.3 is 10.4 Å². The van der Waals surface area contributed by atoms with Gasteiger partial charge in [0.25, 0.3) is 0 Å². The Balaban J connectivity index is 1.92. The van der Waals surface area contributed by atoms with Gasteiger partial charge in [0.1, 0.15) is 0 Å². The zero-order valence-electron chi connectivity index (χ0n) is 11.3. The summed E-state index contributed by atoms with van der Waals surface area (Å²) >= 11 is 0. The van der Waals surface area contributed by atoms with Gasteiger partial charge in [-0.2, -0.15) is 0 Å². The predicted molar refractivity (Wildman–Crippen MR) is 70.2 cm³/mol. The Morgan fingerprint density at radius 3 is 2.76 bits per heavy atom. The zero-order chi connectivity index (χ0) is 12.3. The lowest BCUT2D eigenvalue weighted by molar-refractivity contribution is 0.120. The quantitative estimate of drug-likeness (QED) is 0.734. The molecule has 2 saturated heterocycles. The Labute approximate surface area is 105 Å². The van der Waals surface area contributed by atoms with Crippen LogP contribution in [0.1, 0.15) is 26.2 Å². The van der Waals surface area contributed by atoms with Crippen molar-refractivity contribution in [1.82, 2.24) is 15.1 Å². The summed E-state index contributed by atoms with van der Waals surface area (Å²) in [6, 6.07) is 0.761. The Bertz CT molecular complexity index is 243. The molecule has 2 N–H and O–H groups in total. The average molecular weight is 241 g/mol. The number of nitrogens with one attached hydrogen (secondary N) is 1. The largest absolute Gasteiger partial charge is 0.394 e. The highest BCUT2D eigenvalue weighted by atomic mass is 16.3. The molecule has 0 bridgehead atoms. The van der Waals surface area contributed by atoms with Gasteiger partial charge in [0, 0.05) is 19.1 Å². The van der Waals surface area contributed by atoms with Gasteiger partial charge in [0.2, 0.25) is 0 Å². The third-order valence-corrected chi connectivity index (χ3v) is 4.41. The van der Waals surface area contributed by atoms with Crippen molar-refractivity contribution in [2.24, 2.45) is 0 Å². The molecule has 0 aromatic rings. The molecule has 0 aliphatic carbocycles. The molecule has 0 radical (unpaired) electrons. The summed E-state index contributed by atoms with van der Waals surface area (Å²) in [5, 5.41) is 12.7. The molecular weight excluding hydrogens is 214 g/mol. The van der Waals surface area contributed by atoms with Gasteiger partial charge in [0.05, 0.1) is 12.1 Å². The lowest BCUT2D eigenvalue weighted by atomic mass is 10.0. The topological polar surface area (TPSA) is 38.7 Å². The molecule has 100 valence electrons. The standard InChI is InChI=1S/C13H27N3O/c1-13(11-17,14-2)10-15-6-4-8-16-7-3-5-12(16)9-15/h12,14,17H,3-11H2,1-2H3. The zero-order valence-corrected chi connectivity index (χ0v) is 11.3. The Morgan fingerprint density at radius 1 is 1.29 bits per heavy atom. The van der Waals surface area contributed by atoms with Gasteiger partial charge in [0.15, 0.2) is 0 Å². The Hall–Kier alpha value is -0.160. The summed E-state index contributed by atoms with van der Waals surface area (Å²) in [4.78, 5) is 5.18. The average Bonchev–Trinajstić information content (AvgIpc) is 2.68. The van der Waals surface area contributed by atoms with Gasteiger partial charge in [-0.25, -0.2) is 0 Å². The number of aliphatic hydroxyl groups is 1. The van der Waals surface area contributed by atoms with Gasteiger partial charge in [-0.3, -0.25) is 9.80 Å². The second-order valence-corrected chi connectivity index (χ2v) is 5.89. The predicted octanol–water partition coefficient (Wildman–Crippen LogP) is 0.127. The van der Waals surface area contributed by atoms with Crippen LogP contribution in [0, 0.1) is 0 Å². The Morgan fingerprint density at radius 2 is 2.06 bits per heavy atom. The first-order valence-corrected chi connectivity index (χ1v) is 6.93. The third-order valence-electron chi connectivity index (χ3n) is 4.41. The van der Waals surface area contributed by atoms with Crippen LogP contribution in [0.3, 0.4) is 0 Å². The number of aliphatic hydroxyl groups excluding tert-OH is 1. The van der Waals surface area contributed by atoms with Crippen LogP contribution in [-0.2, 0) is 0 Å². The minimum Gasteiger partial charge on any atom is -0.394 e. The summed E-state index contributed by atoms with van der Waals surface area (Å²) in [5.41, 5.74) is -0.159. The molecule has 2 fully saturated rings. The van der Waals surface area contributed by atoms with E-state index in [1.807, 2.05) is 7.05 Å². The van der Waals surface area contributed by atoms with Crippen molar-refractivity contribution in [2.45, 2.75) is 37.8 Å². The maximum absolute atomic E-state index is 9.47. The van der Waals surface area contributed by atoms with Crippen LogP contribution in [-0.4, -0.2) is 72.9 Å². The van der Waals surface area contributed by atoms with Crippen molar-refractivity contribution in [3.8, 4) is 0 Å². The Kier molecular flexibility index (Phi) is 4.42. The third kappa shape index (κ3) is 3.19. The van der Waals surface area contributed by atoms with E-state index in [4.69, 9.17) is 0 Å². The fraction of sp³-hybridized carbons (Fsp3) is 1.00. The van der Waals surface area contributed by atoms with E-state index in [1.165, 1.54) is 45.4 Å². The molecule has 4 nitrogen and oxygen atoms in total. The van der Waals surface area contributed by atoms with E-state index >= 15 is 0 Å². The molecule has 0 aromatic carbocycles. The second kappa shape index (κ2) is 5.65. The van der Waals surface area contributed by atoms with Crippen molar-refractivity contribution < 1.29 is 5.11 Å². The molecule has 2 aliphatic heterocycles. The number of hydrogen-bond acceptors (Lipinski definition) is 4. The van der Waals surface area contributed by atoms with Crippen LogP contribution in [0.5, 0.6) is 0 Å². The molecule has 2 unspecified atom stereocenters. The molecule has 0 aromatic heterocycles. The van der Waals surface area contributed by atoms with Gasteiger partial charge >= 0.3 is 0 Å². The number of nitrogens with zero attached hydrogens (tertiary/aromatic N) is 2. The number of hydrogen-bond donors (Lipinski definition) is 2. The van der Waals surface area contributed by atoms with E-state index in [-0.39, 0.29) is 12.1 Å². The van der Waals surface area contributed by atoms with Crippen molar-refractivity contribution >= 4 is 0 Å². The molecule has 17 heavy (non-hydrogen) atoms. The van der Waals surface area contributed by atoms with E-state index < -0.39 is 0 Å². The fourth-order valence-corrected chi connectivity index (χ4v) is 3.13. The van der Waals surface area contributed by atoms with E-state index in [9.17, 15) is 5.11 Å². The summed E-state index contributed by atoms with van der Waals surface area (Å²) in [6.07, 6.45) is 3.98. The van der Waals surface area contributed by atoms with Crippen molar-refractivity contribution in [1.29, 1.82) is 0 Å². The maximum atomic E-state index is 9.47. The van der Waals surface area contributed by atoms with Crippen molar-refractivity contribution in [3.63, 3.8) is 0 Å². The summed E-state index contributed by atoms with van der Waals surface area (Å²) < 4.78 is 0. The first-order chi connectivity index (χ1) is 8.17. The molecule has 4 heteroatoms. The minimum atomic E-state index is -0.159. The van der Waals surface area contributed by atoms with E-state index in [0.717, 1.165) is 12.6 Å². The van der Waals surface area contributed by atoms with Crippen LogP contribution in [0.2, 0.25) is 0 Å². The number of likely N-dealkylation sites (N-methyl/N-ethyl adjacent to an activating group) is 1. The molecule has 2 heterocycles. The smallest absolute Gasteiger partial charge is 0.0623 e. The fourth-order valence-electron chi connectivity index (χ4n) is 3.13. The minimum absolute atomic E-state index is 0.159. The molecule has 0 spiro atoms. The number of fused-ring (bicyclic) bond motifs is 1.